The molecule has 0 saturated carbocycles. The molecule has 0 spiro atoms. The van der Waals surface area contributed by atoms with E-state index in [1.165, 1.54) is 6.54 Å². The summed E-state index contributed by atoms with van der Waals surface area (Å²) in [7, 11) is -13.2. The number of halogens is 6. The van der Waals surface area contributed by atoms with Crippen LogP contribution in [0.3, 0.4) is 0 Å². The van der Waals surface area contributed by atoms with Crippen LogP contribution >= 0.6 is 0 Å². The number of hydrogen-bond acceptors (Lipinski definition) is 6. The summed E-state index contributed by atoms with van der Waals surface area (Å²) in [5, 5.41) is 0. The van der Waals surface area contributed by atoms with Crippen LogP contribution in [-0.2, 0) is 24.8 Å². The first-order chi connectivity index (χ1) is 10.1. The molecule has 1 N–H and O–H groups in total. The molecule has 0 bridgehead atoms. The summed E-state index contributed by atoms with van der Waals surface area (Å²) < 4.78 is 113. The summed E-state index contributed by atoms with van der Waals surface area (Å²) in [5.41, 5.74) is -12.3. The van der Waals surface area contributed by atoms with E-state index in [0.717, 1.165) is 26.3 Å². The number of sulfonamides is 2. The van der Waals surface area contributed by atoms with E-state index in [2.05, 4.69) is 11.8 Å². The maximum atomic E-state index is 11.5. The van der Waals surface area contributed by atoms with E-state index in [9.17, 15) is 43.2 Å². The lowest BCUT2D eigenvalue weighted by Crippen LogP contribution is -2.45. The van der Waals surface area contributed by atoms with Gasteiger partial charge in [0.25, 0.3) is 0 Å². The Morgan fingerprint density at radius 3 is 1.48 bits per heavy atom. The van der Waals surface area contributed by atoms with Crippen LogP contribution in [0, 0.1) is 0 Å². The van der Waals surface area contributed by atoms with Gasteiger partial charge >= 0.3 is 31.1 Å². The van der Waals surface area contributed by atoms with Gasteiger partial charge in [-0.15, -0.1) is 0 Å². The highest BCUT2D eigenvalue weighted by Gasteiger charge is 2.55. The van der Waals surface area contributed by atoms with Crippen LogP contribution in [0.15, 0.2) is 0 Å². The van der Waals surface area contributed by atoms with Gasteiger partial charge in [0.15, 0.2) is 0 Å². The van der Waals surface area contributed by atoms with E-state index >= 15 is 0 Å². The molecule has 0 radical (unpaired) electrons. The Balaban J connectivity index is 0.000000502. The second-order valence-electron chi connectivity index (χ2n) is 4.03. The van der Waals surface area contributed by atoms with Crippen LogP contribution in [0.25, 0.3) is 0 Å². The van der Waals surface area contributed by atoms with E-state index in [1.807, 2.05) is 0 Å². The van der Waals surface area contributed by atoms with Crippen molar-refractivity contribution in [1.29, 1.82) is 0 Å². The van der Waals surface area contributed by atoms with Crippen LogP contribution in [0.4, 0.5) is 26.3 Å². The van der Waals surface area contributed by atoms with Gasteiger partial charge in [-0.1, -0.05) is 11.1 Å². The summed E-state index contributed by atoms with van der Waals surface area (Å²) in [6.45, 7) is 7.45. The number of alkyl halides is 6. The molecule has 1 aliphatic rings. The van der Waals surface area contributed by atoms with Gasteiger partial charge in [0.2, 0.25) is 0 Å². The molecule has 7 nitrogen and oxygen atoms in total. The van der Waals surface area contributed by atoms with E-state index in [-0.39, 0.29) is 0 Å². The summed E-state index contributed by atoms with van der Waals surface area (Å²) in [5.74, 6) is 0. The average Bonchev–Trinajstić information content (AvgIpc) is 2.36. The van der Waals surface area contributed by atoms with Crippen LogP contribution < -0.4 is 4.13 Å². The summed E-state index contributed by atoms with van der Waals surface area (Å²) in [6, 6.07) is 0. The number of likely N-dealkylation sites (N-methyl/N-ethyl adjacent to an activating group) is 1. The van der Waals surface area contributed by atoms with Gasteiger partial charge in [-0.2, -0.15) is 26.3 Å². The van der Waals surface area contributed by atoms with Crippen molar-refractivity contribution in [2.45, 2.75) is 17.9 Å². The van der Waals surface area contributed by atoms with E-state index in [4.69, 9.17) is 4.74 Å². The van der Waals surface area contributed by atoms with Gasteiger partial charge in [0, 0.05) is 13.1 Å². The molecular weight excluding hydrogens is 382 g/mol. The highest BCUT2D eigenvalue weighted by molar-refractivity contribution is 8.05. The summed E-state index contributed by atoms with van der Waals surface area (Å²) in [4.78, 5) is 2.39. The molecule has 1 rings (SSSR count). The quantitative estimate of drug-likeness (QED) is 0.703. The number of hydrogen-bond donors (Lipinski definition) is 1. The lowest BCUT2D eigenvalue weighted by atomic mass is 10.4. The Morgan fingerprint density at radius 2 is 1.26 bits per heavy atom. The highest BCUT2D eigenvalue weighted by Crippen LogP contribution is 2.27. The minimum absolute atomic E-state index is 0.493. The van der Waals surface area contributed by atoms with Crippen molar-refractivity contribution >= 4 is 20.0 Å². The summed E-state index contributed by atoms with van der Waals surface area (Å²) in [6.07, 6.45) is 0. The standard InChI is InChI=1S/C6H13NO.C2HF6NO4S2/c1-2-7-3-5-8-6-4-7;3-1(4,5)14(10,11)9-15(12,13)2(6,7)8/h2-6H2,1H3;9H. The first kappa shape index (κ1) is 22.4. The van der Waals surface area contributed by atoms with Gasteiger partial charge in [-0.3, -0.25) is 4.90 Å². The number of rotatable bonds is 3. The van der Waals surface area contributed by atoms with Crippen molar-refractivity contribution in [2.24, 2.45) is 0 Å². The molecule has 23 heavy (non-hydrogen) atoms. The molecular formula is C8H14F6N2O5S2. The summed E-state index contributed by atoms with van der Waals surface area (Å²) >= 11 is 0. The topological polar surface area (TPSA) is 92.8 Å². The highest BCUT2D eigenvalue weighted by atomic mass is 32.3. The van der Waals surface area contributed by atoms with Crippen molar-refractivity contribution in [3.8, 4) is 0 Å². The number of nitrogens with one attached hydrogen (secondary N) is 1. The lowest BCUT2D eigenvalue weighted by Gasteiger charge is -2.24. The van der Waals surface area contributed by atoms with Crippen LogP contribution in [0.5, 0.6) is 0 Å². The Hall–Kier alpha value is -0.640. The largest absolute Gasteiger partial charge is 0.512 e. The van der Waals surface area contributed by atoms with Gasteiger partial charge in [0.05, 0.1) is 13.2 Å². The van der Waals surface area contributed by atoms with E-state index in [1.54, 1.807) is 0 Å². The molecule has 0 aromatic rings. The van der Waals surface area contributed by atoms with Crippen LogP contribution in [-0.4, -0.2) is 65.6 Å². The molecule has 0 aliphatic carbocycles. The second kappa shape index (κ2) is 7.96. The second-order valence-corrected chi connectivity index (χ2v) is 7.63. The molecule has 0 aromatic heterocycles. The Labute approximate surface area is 128 Å². The Bertz CT molecular complexity index is 523. The fraction of sp³-hybridized carbons (Fsp3) is 1.00. The van der Waals surface area contributed by atoms with E-state index in [0.29, 0.717) is 0 Å². The third-order valence-electron chi connectivity index (χ3n) is 2.38. The number of ether oxygens (including phenoxy) is 1. The SMILES string of the molecule is CCN1CCOCC1.O=S(=O)(NS(=O)(=O)C(F)(F)F)C(F)(F)F. The minimum atomic E-state index is -6.60. The monoisotopic (exact) mass is 396 g/mol. The third-order valence-corrected chi connectivity index (χ3v) is 5.35. The van der Waals surface area contributed by atoms with Gasteiger partial charge in [-0.05, 0) is 6.54 Å². The molecule has 15 heteroatoms. The van der Waals surface area contributed by atoms with Crippen molar-refractivity contribution in [3.63, 3.8) is 0 Å². The molecule has 1 fully saturated rings. The fourth-order valence-electron chi connectivity index (χ4n) is 1.16. The zero-order valence-electron chi connectivity index (χ0n) is 11.6. The molecule has 1 saturated heterocycles. The maximum Gasteiger partial charge on any atom is 0.512 e. The van der Waals surface area contributed by atoms with Gasteiger partial charge in [-0.25, -0.2) is 16.8 Å². The first-order valence-electron chi connectivity index (χ1n) is 5.85. The minimum Gasteiger partial charge on any atom is -0.379 e. The number of nitrogens with zero attached hydrogens (tertiary/aromatic N) is 1. The van der Waals surface area contributed by atoms with Crippen molar-refractivity contribution in [2.75, 3.05) is 32.8 Å². The van der Waals surface area contributed by atoms with Gasteiger partial charge < -0.3 is 4.74 Å². The third kappa shape index (κ3) is 7.19. The van der Waals surface area contributed by atoms with Crippen molar-refractivity contribution in [1.82, 2.24) is 9.03 Å². The molecule has 0 atom stereocenters. The zero-order chi connectivity index (χ0) is 18.5. The predicted octanol–water partition coefficient (Wildman–Crippen LogP) is 0.614. The molecule has 1 aliphatic heterocycles. The predicted molar refractivity (Wildman–Crippen MR) is 66.0 cm³/mol. The van der Waals surface area contributed by atoms with Gasteiger partial charge in [0.1, 0.15) is 0 Å². The zero-order valence-corrected chi connectivity index (χ0v) is 13.2. The van der Waals surface area contributed by atoms with Crippen molar-refractivity contribution in [3.05, 3.63) is 0 Å². The normalized spacial score (nSPS) is 18.2. The fourth-order valence-corrected chi connectivity index (χ4v) is 3.07. The smallest absolute Gasteiger partial charge is 0.379 e. The molecule has 140 valence electrons. The number of morpholine rings is 1. The molecule has 0 amide bonds. The molecule has 0 unspecified atom stereocenters. The molecule has 0 aromatic carbocycles. The van der Waals surface area contributed by atoms with Crippen molar-refractivity contribution < 1.29 is 47.9 Å². The van der Waals surface area contributed by atoms with E-state index < -0.39 is 35.2 Å². The Kier molecular flexibility index (Phi) is 7.73. The maximum absolute atomic E-state index is 11.5. The van der Waals surface area contributed by atoms with Crippen LogP contribution in [0.2, 0.25) is 0 Å². The average molecular weight is 396 g/mol. The molecule has 1 heterocycles. The first-order valence-corrected chi connectivity index (χ1v) is 8.82. The van der Waals surface area contributed by atoms with Crippen LogP contribution in [0.1, 0.15) is 6.92 Å². The lowest BCUT2D eigenvalue weighted by molar-refractivity contribution is -0.0476. The Morgan fingerprint density at radius 1 is 0.913 bits per heavy atom.